The van der Waals surface area contributed by atoms with E-state index in [1.807, 2.05) is 61.5 Å². The maximum absolute atomic E-state index is 13.5. The molecule has 1 aliphatic heterocycles. The van der Waals surface area contributed by atoms with Crippen LogP contribution in [-0.4, -0.2) is 33.6 Å². The Labute approximate surface area is 244 Å². The second-order valence-electron chi connectivity index (χ2n) is 8.68. The molecule has 2 heterocycles. The van der Waals surface area contributed by atoms with Gasteiger partial charge in [-0.15, -0.1) is 10.2 Å². The van der Waals surface area contributed by atoms with Gasteiger partial charge in [-0.05, 0) is 47.9 Å². The van der Waals surface area contributed by atoms with Gasteiger partial charge in [-0.2, -0.15) is 0 Å². The molecule has 3 aromatic carbocycles. The summed E-state index contributed by atoms with van der Waals surface area (Å²) in [6.07, 6.45) is 3.01. The van der Waals surface area contributed by atoms with Crippen molar-refractivity contribution in [1.29, 1.82) is 0 Å². The van der Waals surface area contributed by atoms with E-state index < -0.39 is 23.5 Å². The molecule has 1 aliphatic rings. The summed E-state index contributed by atoms with van der Waals surface area (Å²) in [6.45, 7) is 2.32. The van der Waals surface area contributed by atoms with Crippen LogP contribution in [0.1, 0.15) is 29.7 Å². The number of aromatic nitrogens is 2. The Bertz CT molecular complexity index is 1600. The minimum atomic E-state index is -0.921. The number of aliphatic hydroxyl groups excluding tert-OH is 1. The number of nitrogens with zero attached hydrogens (tertiary/aromatic N) is 3. The molecule has 0 saturated heterocycles. The first-order valence-electron chi connectivity index (χ1n) is 12.4. The zero-order valence-corrected chi connectivity index (χ0v) is 23.7. The predicted molar refractivity (Wildman–Crippen MR) is 159 cm³/mol. The first-order valence-corrected chi connectivity index (χ1v) is 14.6. The number of ketones is 1. The molecule has 40 heavy (non-hydrogen) atoms. The average molecular weight is 590 g/mol. The summed E-state index contributed by atoms with van der Waals surface area (Å²) < 4.78 is 6.29. The lowest BCUT2D eigenvalue weighted by molar-refractivity contribution is -0.117. The third-order valence-electron chi connectivity index (χ3n) is 6.10. The molecule has 7 nitrogen and oxygen atoms in total. The van der Waals surface area contributed by atoms with Crippen molar-refractivity contribution in [3.05, 3.63) is 118 Å². The molecule has 1 unspecified atom stereocenters. The van der Waals surface area contributed by atoms with Crippen LogP contribution in [0.4, 0.5) is 5.13 Å². The minimum Gasteiger partial charge on any atom is -0.503 e. The molecule has 1 amide bonds. The van der Waals surface area contributed by atoms with Crippen molar-refractivity contribution in [2.75, 3.05) is 11.5 Å². The van der Waals surface area contributed by atoms with Gasteiger partial charge in [0.25, 0.3) is 5.91 Å². The summed E-state index contributed by atoms with van der Waals surface area (Å²) in [5.74, 6) is -0.669. The molecule has 4 aromatic rings. The molecule has 1 atom stereocenters. The van der Waals surface area contributed by atoms with E-state index in [0.29, 0.717) is 33.0 Å². The largest absolute Gasteiger partial charge is 0.503 e. The smallest absolute Gasteiger partial charge is 0.296 e. The Morgan fingerprint density at radius 3 is 2.65 bits per heavy atom. The van der Waals surface area contributed by atoms with Gasteiger partial charge in [-0.25, -0.2) is 0 Å². The monoisotopic (exact) mass is 589 g/mol. The number of ether oxygens (including phenoxy) is 1. The third kappa shape index (κ3) is 5.96. The van der Waals surface area contributed by atoms with E-state index in [2.05, 4.69) is 10.2 Å². The Kier molecular flexibility index (Phi) is 8.64. The number of benzene rings is 3. The van der Waals surface area contributed by atoms with Gasteiger partial charge in [0, 0.05) is 10.8 Å². The molecule has 10 heteroatoms. The molecule has 5 rings (SSSR count). The molecule has 0 fully saturated rings. The lowest BCUT2D eigenvalue weighted by atomic mass is 9.95. The first kappa shape index (κ1) is 27.6. The van der Waals surface area contributed by atoms with Gasteiger partial charge in [0.1, 0.15) is 5.75 Å². The van der Waals surface area contributed by atoms with Crippen LogP contribution in [0.3, 0.4) is 0 Å². The third-order valence-corrected chi connectivity index (χ3v) is 8.57. The Balaban J connectivity index is 1.48. The normalized spacial score (nSPS) is 15.3. The van der Waals surface area contributed by atoms with Gasteiger partial charge in [-0.1, -0.05) is 101 Å². The van der Waals surface area contributed by atoms with Crippen LogP contribution >= 0.6 is 34.7 Å². The van der Waals surface area contributed by atoms with E-state index in [1.54, 1.807) is 30.3 Å². The van der Waals surface area contributed by atoms with Crippen molar-refractivity contribution in [2.45, 2.75) is 23.1 Å². The number of rotatable bonds is 10. The second-order valence-corrected chi connectivity index (χ2v) is 11.3. The highest BCUT2D eigenvalue weighted by molar-refractivity contribution is 8.00. The molecular weight excluding hydrogens is 566 g/mol. The van der Waals surface area contributed by atoms with Crippen LogP contribution in [0.15, 0.2) is 101 Å². The van der Waals surface area contributed by atoms with Gasteiger partial charge in [0.2, 0.25) is 5.13 Å². The second kappa shape index (κ2) is 12.5. The van der Waals surface area contributed by atoms with Crippen LogP contribution in [0, 0.1) is 0 Å². The maximum Gasteiger partial charge on any atom is 0.296 e. The zero-order valence-electron chi connectivity index (χ0n) is 21.4. The van der Waals surface area contributed by atoms with Crippen molar-refractivity contribution >= 4 is 57.6 Å². The number of carbonyl (C=O) groups is 2. The number of aliphatic hydroxyl groups is 1. The van der Waals surface area contributed by atoms with Gasteiger partial charge < -0.3 is 9.84 Å². The van der Waals surface area contributed by atoms with Gasteiger partial charge in [0.05, 0.1) is 18.2 Å². The van der Waals surface area contributed by atoms with Gasteiger partial charge in [0.15, 0.2) is 15.9 Å². The summed E-state index contributed by atoms with van der Waals surface area (Å²) in [4.78, 5) is 28.2. The van der Waals surface area contributed by atoms with Crippen molar-refractivity contribution in [3.8, 4) is 5.75 Å². The Morgan fingerprint density at radius 1 is 1.10 bits per heavy atom. The quantitative estimate of drug-likeness (QED) is 0.120. The lowest BCUT2D eigenvalue weighted by Crippen LogP contribution is -2.30. The Morgan fingerprint density at radius 2 is 1.88 bits per heavy atom. The summed E-state index contributed by atoms with van der Waals surface area (Å²) in [5, 5.41) is 20.4. The summed E-state index contributed by atoms with van der Waals surface area (Å²) in [6, 6.07) is 23.1. The maximum atomic E-state index is 13.5. The zero-order chi connectivity index (χ0) is 28.1. The standard InChI is InChI=1S/C30H24ClN3O4S2/c1-2-38-22-13-8-12-20(17-22)26-25(24(35)16-15-19-9-4-3-5-10-19)27(36)28(37)34(26)29-32-33-30(40-29)39-18-21-11-6-7-14-23(21)31/h3-17,26,36H,2,18H2,1H3/b16-15+. The minimum absolute atomic E-state index is 0.0358. The van der Waals surface area contributed by atoms with Crippen LogP contribution < -0.4 is 9.64 Å². The van der Waals surface area contributed by atoms with E-state index in [1.165, 1.54) is 34.1 Å². The number of hydrogen-bond donors (Lipinski definition) is 1. The van der Waals surface area contributed by atoms with Crippen LogP contribution in [0.25, 0.3) is 6.08 Å². The molecule has 202 valence electrons. The van der Waals surface area contributed by atoms with E-state index in [0.717, 1.165) is 11.1 Å². The Hall–Kier alpha value is -3.92. The van der Waals surface area contributed by atoms with E-state index >= 15 is 0 Å². The number of allylic oxidation sites excluding steroid dienone is 1. The molecule has 1 N–H and O–H groups in total. The highest BCUT2D eigenvalue weighted by atomic mass is 35.5. The van der Waals surface area contributed by atoms with Crippen LogP contribution in [0.2, 0.25) is 5.02 Å². The fourth-order valence-electron chi connectivity index (χ4n) is 4.25. The van der Waals surface area contributed by atoms with E-state index in [4.69, 9.17) is 16.3 Å². The number of amides is 1. The van der Waals surface area contributed by atoms with Crippen molar-refractivity contribution in [1.82, 2.24) is 10.2 Å². The molecular formula is C30H24ClN3O4S2. The molecule has 0 bridgehead atoms. The van der Waals surface area contributed by atoms with Crippen molar-refractivity contribution < 1.29 is 19.4 Å². The number of thioether (sulfide) groups is 1. The topological polar surface area (TPSA) is 92.6 Å². The fraction of sp³-hybridized carbons (Fsp3) is 0.133. The van der Waals surface area contributed by atoms with Gasteiger partial charge >= 0.3 is 0 Å². The van der Waals surface area contributed by atoms with E-state index in [-0.39, 0.29) is 10.7 Å². The van der Waals surface area contributed by atoms with Crippen molar-refractivity contribution in [3.63, 3.8) is 0 Å². The number of carbonyl (C=O) groups excluding carboxylic acids is 2. The fourth-order valence-corrected chi connectivity index (χ4v) is 6.40. The molecule has 0 spiro atoms. The average Bonchev–Trinajstić information content (AvgIpc) is 3.54. The van der Waals surface area contributed by atoms with E-state index in [9.17, 15) is 14.7 Å². The highest BCUT2D eigenvalue weighted by Crippen LogP contribution is 2.44. The van der Waals surface area contributed by atoms with Crippen LogP contribution in [-0.2, 0) is 15.3 Å². The highest BCUT2D eigenvalue weighted by Gasteiger charge is 2.45. The summed E-state index contributed by atoms with van der Waals surface area (Å²) in [7, 11) is 0. The summed E-state index contributed by atoms with van der Waals surface area (Å²) in [5.41, 5.74) is 2.33. The molecule has 0 saturated carbocycles. The molecule has 0 radical (unpaired) electrons. The number of anilines is 1. The van der Waals surface area contributed by atoms with Crippen molar-refractivity contribution in [2.24, 2.45) is 0 Å². The first-order chi connectivity index (χ1) is 19.5. The SMILES string of the molecule is CCOc1cccc(C2C(C(=O)/C=C/c3ccccc3)=C(O)C(=O)N2c2nnc(SCc3ccccc3Cl)s2)c1. The van der Waals surface area contributed by atoms with Crippen LogP contribution in [0.5, 0.6) is 5.75 Å². The molecule has 0 aliphatic carbocycles. The predicted octanol–water partition coefficient (Wildman–Crippen LogP) is 7.07. The molecule has 1 aromatic heterocycles. The summed E-state index contributed by atoms with van der Waals surface area (Å²) >= 11 is 8.93. The number of halogens is 1. The lowest BCUT2D eigenvalue weighted by Gasteiger charge is -2.24. The number of hydrogen-bond acceptors (Lipinski definition) is 8. The van der Waals surface area contributed by atoms with Gasteiger partial charge in [-0.3, -0.25) is 14.5 Å².